The molecule has 0 saturated heterocycles. The van der Waals surface area contributed by atoms with Gasteiger partial charge >= 0.3 is 0 Å². The first kappa shape index (κ1) is 21.9. The number of hydrogen-bond donors (Lipinski definition) is 3. The van der Waals surface area contributed by atoms with Crippen LogP contribution < -0.4 is 15.8 Å². The lowest BCUT2D eigenvalue weighted by molar-refractivity contribution is -0.125. The van der Waals surface area contributed by atoms with Crippen molar-refractivity contribution >= 4 is 28.3 Å². The van der Waals surface area contributed by atoms with Crippen molar-refractivity contribution in [3.8, 4) is 0 Å². The van der Waals surface area contributed by atoms with Crippen molar-refractivity contribution in [1.29, 1.82) is 0 Å². The molecule has 0 saturated carbocycles. The van der Waals surface area contributed by atoms with Gasteiger partial charge in [-0.25, -0.2) is 13.1 Å². The van der Waals surface area contributed by atoms with Gasteiger partial charge in [-0.05, 0) is 37.1 Å². The average Bonchev–Trinajstić information content (AvgIpc) is 2.45. The van der Waals surface area contributed by atoms with Crippen LogP contribution in [0.5, 0.6) is 0 Å². The molecule has 0 bridgehead atoms. The monoisotopic (exact) mass is 363 g/mol. The van der Waals surface area contributed by atoms with Crippen LogP contribution in [0, 0.1) is 5.41 Å². The third-order valence-corrected chi connectivity index (χ3v) is 4.96. The minimum atomic E-state index is -3.45. The first-order chi connectivity index (χ1) is 9.99. The number of halogens is 1. The topological polar surface area (TPSA) is 101 Å². The van der Waals surface area contributed by atoms with Gasteiger partial charge in [0.2, 0.25) is 15.9 Å². The summed E-state index contributed by atoms with van der Waals surface area (Å²) in [7, 11) is -2.09. The molecule has 0 fully saturated rings. The molecule has 8 heteroatoms. The largest absolute Gasteiger partial charge is 0.348 e. The molecule has 6 nitrogen and oxygen atoms in total. The summed E-state index contributed by atoms with van der Waals surface area (Å²) in [4.78, 5) is 12.3. The molecule has 0 aliphatic carbocycles. The van der Waals surface area contributed by atoms with E-state index in [9.17, 15) is 13.2 Å². The number of hydrogen-bond acceptors (Lipinski definition) is 4. The van der Waals surface area contributed by atoms with Gasteiger partial charge in [-0.3, -0.25) is 4.79 Å². The van der Waals surface area contributed by atoms with Gasteiger partial charge in [0.05, 0.1) is 17.0 Å². The number of amides is 1. The SMILES string of the molecule is CNS(=O)(=O)c1ccc(C(C)NC(=O)[C@@H](N)C(C)(C)C)cc1.Cl. The number of benzene rings is 1. The van der Waals surface area contributed by atoms with Gasteiger partial charge in [0, 0.05) is 0 Å². The molecule has 0 spiro atoms. The van der Waals surface area contributed by atoms with Crippen molar-refractivity contribution in [1.82, 2.24) is 10.0 Å². The Labute approximate surface area is 144 Å². The molecule has 0 aliphatic heterocycles. The summed E-state index contributed by atoms with van der Waals surface area (Å²) in [6.45, 7) is 7.53. The summed E-state index contributed by atoms with van der Waals surface area (Å²) in [5.74, 6) is -0.230. The van der Waals surface area contributed by atoms with Crippen molar-refractivity contribution < 1.29 is 13.2 Å². The molecule has 132 valence electrons. The molecule has 2 atom stereocenters. The van der Waals surface area contributed by atoms with Gasteiger partial charge in [0.25, 0.3) is 0 Å². The standard InChI is InChI=1S/C15H25N3O3S.ClH/c1-10(18-14(19)13(16)15(2,3)4)11-6-8-12(9-7-11)22(20,21)17-5;/h6-10,13,17H,16H2,1-5H3,(H,18,19);1H/t10?,13-;/m1./s1. The van der Waals surface area contributed by atoms with Crippen molar-refractivity contribution in [2.45, 2.75) is 44.7 Å². The van der Waals surface area contributed by atoms with E-state index in [1.54, 1.807) is 12.1 Å². The van der Waals surface area contributed by atoms with E-state index < -0.39 is 16.1 Å². The quantitative estimate of drug-likeness (QED) is 0.738. The Bertz CT molecular complexity index is 624. The molecule has 23 heavy (non-hydrogen) atoms. The Hall–Kier alpha value is -1.15. The fourth-order valence-corrected chi connectivity index (χ4v) is 2.56. The van der Waals surface area contributed by atoms with Crippen LogP contribution in [-0.2, 0) is 14.8 Å². The third-order valence-electron chi connectivity index (χ3n) is 3.53. The molecule has 1 amide bonds. The fraction of sp³-hybridized carbons (Fsp3) is 0.533. The van der Waals surface area contributed by atoms with Gasteiger partial charge < -0.3 is 11.1 Å². The van der Waals surface area contributed by atoms with Crippen LogP contribution in [-0.4, -0.2) is 27.4 Å². The maximum absolute atomic E-state index is 12.1. The first-order valence-corrected chi connectivity index (χ1v) is 8.57. The average molecular weight is 364 g/mol. The Kier molecular flexibility index (Phi) is 7.69. The molecule has 1 unspecified atom stereocenters. The highest BCUT2D eigenvalue weighted by Gasteiger charge is 2.28. The van der Waals surface area contributed by atoms with Crippen LogP contribution in [0.4, 0.5) is 0 Å². The molecule has 0 aromatic heterocycles. The van der Waals surface area contributed by atoms with Crippen LogP contribution in [0.3, 0.4) is 0 Å². The second-order valence-electron chi connectivity index (χ2n) is 6.35. The van der Waals surface area contributed by atoms with Gasteiger partial charge in [-0.2, -0.15) is 0 Å². The van der Waals surface area contributed by atoms with Crippen LogP contribution in [0.15, 0.2) is 29.2 Å². The molecule has 0 heterocycles. The Balaban J connectivity index is 0.00000484. The zero-order chi connectivity index (χ0) is 17.1. The van der Waals surface area contributed by atoms with E-state index in [1.165, 1.54) is 19.2 Å². The second-order valence-corrected chi connectivity index (χ2v) is 8.24. The van der Waals surface area contributed by atoms with Crippen molar-refractivity contribution in [2.24, 2.45) is 11.1 Å². The highest BCUT2D eigenvalue weighted by Crippen LogP contribution is 2.20. The number of sulfonamides is 1. The van der Waals surface area contributed by atoms with Gasteiger partial charge in [-0.1, -0.05) is 32.9 Å². The van der Waals surface area contributed by atoms with Crippen LogP contribution in [0.2, 0.25) is 0 Å². The van der Waals surface area contributed by atoms with E-state index >= 15 is 0 Å². The van der Waals surface area contributed by atoms with Gasteiger partial charge in [-0.15, -0.1) is 12.4 Å². The predicted octanol–water partition coefficient (Wildman–Crippen LogP) is 1.57. The molecule has 0 radical (unpaired) electrons. The first-order valence-electron chi connectivity index (χ1n) is 7.08. The molecule has 1 aromatic carbocycles. The van der Waals surface area contributed by atoms with E-state index in [-0.39, 0.29) is 34.7 Å². The molecule has 1 aromatic rings. The zero-order valence-electron chi connectivity index (χ0n) is 14.1. The van der Waals surface area contributed by atoms with E-state index in [0.29, 0.717) is 0 Å². The Morgan fingerprint density at radius 3 is 2.04 bits per heavy atom. The minimum Gasteiger partial charge on any atom is -0.348 e. The second kappa shape index (κ2) is 8.10. The summed E-state index contributed by atoms with van der Waals surface area (Å²) < 4.78 is 25.6. The molecular formula is C15H26ClN3O3S. The van der Waals surface area contributed by atoms with Gasteiger partial charge in [0.1, 0.15) is 0 Å². The summed E-state index contributed by atoms with van der Waals surface area (Å²) in [6.07, 6.45) is 0. The number of carbonyl (C=O) groups excluding carboxylic acids is 1. The van der Waals surface area contributed by atoms with Crippen molar-refractivity contribution in [3.63, 3.8) is 0 Å². The smallest absolute Gasteiger partial charge is 0.240 e. The highest BCUT2D eigenvalue weighted by molar-refractivity contribution is 7.89. The van der Waals surface area contributed by atoms with E-state index in [1.807, 2.05) is 27.7 Å². The highest BCUT2D eigenvalue weighted by atomic mass is 35.5. The van der Waals surface area contributed by atoms with Crippen molar-refractivity contribution in [2.75, 3.05) is 7.05 Å². The van der Waals surface area contributed by atoms with Crippen LogP contribution in [0.25, 0.3) is 0 Å². The number of carbonyl (C=O) groups is 1. The number of rotatable bonds is 5. The minimum absolute atomic E-state index is 0. The Morgan fingerprint density at radius 1 is 1.17 bits per heavy atom. The maximum atomic E-state index is 12.1. The lowest BCUT2D eigenvalue weighted by atomic mass is 9.86. The van der Waals surface area contributed by atoms with E-state index in [4.69, 9.17) is 5.73 Å². The van der Waals surface area contributed by atoms with E-state index in [0.717, 1.165) is 5.56 Å². The summed E-state index contributed by atoms with van der Waals surface area (Å²) >= 11 is 0. The summed E-state index contributed by atoms with van der Waals surface area (Å²) in [5, 5.41) is 2.85. The fourth-order valence-electron chi connectivity index (χ4n) is 1.83. The van der Waals surface area contributed by atoms with Crippen LogP contribution >= 0.6 is 12.4 Å². The number of nitrogens with one attached hydrogen (secondary N) is 2. The normalized spacial score (nSPS) is 14.5. The van der Waals surface area contributed by atoms with Crippen molar-refractivity contribution in [3.05, 3.63) is 29.8 Å². The zero-order valence-corrected chi connectivity index (χ0v) is 15.7. The molecule has 4 N–H and O–H groups in total. The van der Waals surface area contributed by atoms with Gasteiger partial charge in [0.15, 0.2) is 0 Å². The third kappa shape index (κ3) is 5.76. The summed E-state index contributed by atoms with van der Waals surface area (Å²) in [5.41, 5.74) is 6.41. The Morgan fingerprint density at radius 2 is 1.65 bits per heavy atom. The lowest BCUT2D eigenvalue weighted by Crippen LogP contribution is -2.49. The summed E-state index contributed by atoms with van der Waals surface area (Å²) in [6, 6.07) is 5.50. The number of nitrogens with two attached hydrogens (primary N) is 1. The molecule has 1 rings (SSSR count). The predicted molar refractivity (Wildman–Crippen MR) is 93.9 cm³/mol. The maximum Gasteiger partial charge on any atom is 0.240 e. The van der Waals surface area contributed by atoms with E-state index in [2.05, 4.69) is 10.0 Å². The lowest BCUT2D eigenvalue weighted by Gasteiger charge is -2.27. The van der Waals surface area contributed by atoms with Crippen LogP contribution in [0.1, 0.15) is 39.3 Å². The molecule has 0 aliphatic rings. The molecular weight excluding hydrogens is 338 g/mol.